The number of rotatable bonds is 1. The van der Waals surface area contributed by atoms with Gasteiger partial charge >= 0.3 is 8.03 Å². The third kappa shape index (κ3) is 1.71. The Bertz CT molecular complexity index is 332. The average Bonchev–Trinajstić information content (AvgIpc) is 1.96. The van der Waals surface area contributed by atoms with Gasteiger partial charge in [0.15, 0.2) is 0 Å². The number of hydrogen-bond donors (Lipinski definition) is 1. The fraction of sp³-hybridized carbons (Fsp3) is 0.333. The van der Waals surface area contributed by atoms with Crippen LogP contribution in [0.25, 0.3) is 0 Å². The molecule has 1 aromatic rings. The highest BCUT2D eigenvalue weighted by Gasteiger charge is 2.19. The third-order valence-corrected chi connectivity index (χ3v) is 2.91. The third-order valence-electron chi connectivity index (χ3n) is 2.02. The molecule has 0 bridgehead atoms. The van der Waals surface area contributed by atoms with E-state index in [-0.39, 0.29) is 0 Å². The van der Waals surface area contributed by atoms with E-state index in [1.54, 1.807) is 6.07 Å². The van der Waals surface area contributed by atoms with Gasteiger partial charge in [-0.1, -0.05) is 6.07 Å². The summed E-state index contributed by atoms with van der Waals surface area (Å²) in [6, 6.07) is 3.72. The highest BCUT2D eigenvalue weighted by atomic mass is 31.1. The van der Waals surface area contributed by atoms with Crippen molar-refractivity contribution >= 4 is 13.3 Å². The lowest BCUT2D eigenvalue weighted by Crippen LogP contribution is -2.03. The lowest BCUT2D eigenvalue weighted by molar-refractivity contribution is 0.513. The lowest BCUT2D eigenvalue weighted by Gasteiger charge is -1.99. The first-order valence-electron chi connectivity index (χ1n) is 3.76. The SMILES string of the molecule is Cc1cc(C)c([P+](=O)O)cc1C. The molecule has 0 amide bonds. The maximum absolute atomic E-state index is 10.8. The second kappa shape index (κ2) is 3.34. The molecule has 0 spiro atoms. The van der Waals surface area contributed by atoms with Crippen LogP contribution in [0.1, 0.15) is 16.7 Å². The van der Waals surface area contributed by atoms with Gasteiger partial charge in [-0.25, -0.2) is 0 Å². The Labute approximate surface area is 73.1 Å². The molecule has 64 valence electrons. The summed E-state index contributed by atoms with van der Waals surface area (Å²) in [6.45, 7) is 5.79. The average molecular weight is 183 g/mol. The van der Waals surface area contributed by atoms with Gasteiger partial charge in [0.25, 0.3) is 0 Å². The topological polar surface area (TPSA) is 37.3 Å². The van der Waals surface area contributed by atoms with E-state index in [9.17, 15) is 4.57 Å². The Morgan fingerprint density at radius 1 is 1.08 bits per heavy atom. The second-order valence-electron chi connectivity index (χ2n) is 3.00. The monoisotopic (exact) mass is 183 g/mol. The minimum Gasteiger partial charge on any atom is -0.156 e. The number of hydrogen-bond acceptors (Lipinski definition) is 1. The van der Waals surface area contributed by atoms with Crippen LogP contribution >= 0.6 is 8.03 Å². The molecule has 1 atom stereocenters. The van der Waals surface area contributed by atoms with Gasteiger partial charge in [-0.05, 0) is 42.5 Å². The maximum atomic E-state index is 10.8. The summed E-state index contributed by atoms with van der Waals surface area (Å²) >= 11 is 0. The molecule has 0 fully saturated rings. The molecule has 0 aliphatic heterocycles. The Morgan fingerprint density at radius 2 is 1.58 bits per heavy atom. The van der Waals surface area contributed by atoms with Crippen molar-refractivity contribution in [1.29, 1.82) is 0 Å². The highest BCUT2D eigenvalue weighted by molar-refractivity contribution is 7.47. The van der Waals surface area contributed by atoms with Crippen LogP contribution in [0.15, 0.2) is 12.1 Å². The molecule has 0 saturated heterocycles. The van der Waals surface area contributed by atoms with Crippen LogP contribution < -0.4 is 5.30 Å². The van der Waals surface area contributed by atoms with Gasteiger partial charge in [-0.15, -0.1) is 0 Å². The first kappa shape index (κ1) is 9.37. The van der Waals surface area contributed by atoms with Crippen molar-refractivity contribution in [3.63, 3.8) is 0 Å². The summed E-state index contributed by atoms with van der Waals surface area (Å²) in [5, 5.41) is 0.549. The summed E-state index contributed by atoms with van der Waals surface area (Å²) in [6.07, 6.45) is 0. The van der Waals surface area contributed by atoms with E-state index < -0.39 is 8.03 Å². The Kier molecular flexibility index (Phi) is 2.61. The molecule has 1 rings (SSSR count). The zero-order valence-electron chi connectivity index (χ0n) is 7.46. The van der Waals surface area contributed by atoms with Gasteiger partial charge in [0, 0.05) is 5.56 Å². The van der Waals surface area contributed by atoms with Gasteiger partial charge in [0.1, 0.15) is 0 Å². The normalized spacial score (nSPS) is 11.5. The zero-order chi connectivity index (χ0) is 9.30. The van der Waals surface area contributed by atoms with E-state index in [4.69, 9.17) is 4.89 Å². The van der Waals surface area contributed by atoms with E-state index in [1.165, 1.54) is 0 Å². The first-order chi connectivity index (χ1) is 5.52. The fourth-order valence-corrected chi connectivity index (χ4v) is 1.82. The second-order valence-corrected chi connectivity index (χ2v) is 4.02. The van der Waals surface area contributed by atoms with Crippen LogP contribution in [0.3, 0.4) is 0 Å². The molecular formula is C9H12O2P+. The van der Waals surface area contributed by atoms with Crippen LogP contribution in [0, 0.1) is 20.8 Å². The van der Waals surface area contributed by atoms with Crippen LogP contribution in [0.4, 0.5) is 0 Å². The number of aryl methyl sites for hydroxylation is 3. The minimum atomic E-state index is -2.19. The van der Waals surface area contributed by atoms with Crippen molar-refractivity contribution in [2.75, 3.05) is 0 Å². The lowest BCUT2D eigenvalue weighted by atomic mass is 10.1. The van der Waals surface area contributed by atoms with E-state index in [1.807, 2.05) is 26.8 Å². The van der Waals surface area contributed by atoms with Gasteiger partial charge in [0.05, 0.1) is 0 Å². The predicted octanol–water partition coefficient (Wildman–Crippen LogP) is 1.97. The van der Waals surface area contributed by atoms with E-state index >= 15 is 0 Å². The maximum Gasteiger partial charge on any atom is 0.546 e. The van der Waals surface area contributed by atoms with E-state index in [0.29, 0.717) is 5.30 Å². The Balaban J connectivity index is 3.33. The van der Waals surface area contributed by atoms with Crippen molar-refractivity contribution in [3.05, 3.63) is 28.8 Å². The molecule has 1 unspecified atom stereocenters. The molecule has 0 aliphatic carbocycles. The fourth-order valence-electron chi connectivity index (χ4n) is 1.15. The van der Waals surface area contributed by atoms with Crippen molar-refractivity contribution in [2.45, 2.75) is 20.8 Å². The Hall–Kier alpha value is -0.720. The molecule has 12 heavy (non-hydrogen) atoms. The largest absolute Gasteiger partial charge is 0.546 e. The number of benzene rings is 1. The Morgan fingerprint density at radius 3 is 2.08 bits per heavy atom. The molecule has 1 aromatic carbocycles. The minimum absolute atomic E-state index is 0.549. The molecule has 1 N–H and O–H groups in total. The van der Waals surface area contributed by atoms with Crippen LogP contribution in [-0.4, -0.2) is 4.89 Å². The van der Waals surface area contributed by atoms with Gasteiger partial charge in [0.2, 0.25) is 5.30 Å². The van der Waals surface area contributed by atoms with Gasteiger partial charge in [-0.2, -0.15) is 4.89 Å². The summed E-state index contributed by atoms with van der Waals surface area (Å²) in [5.41, 5.74) is 3.11. The zero-order valence-corrected chi connectivity index (χ0v) is 8.35. The standard InChI is InChI=1S/C9H11O2P/c1-6-4-8(3)9(12(10)11)5-7(6)2/h4-5H,1-3H3/p+1. The summed E-state index contributed by atoms with van der Waals surface area (Å²) < 4.78 is 10.8. The smallest absolute Gasteiger partial charge is 0.156 e. The first-order valence-corrected chi connectivity index (χ1v) is 4.97. The van der Waals surface area contributed by atoms with Crippen LogP contribution in [-0.2, 0) is 4.57 Å². The van der Waals surface area contributed by atoms with Crippen molar-refractivity contribution in [3.8, 4) is 0 Å². The molecule has 0 saturated carbocycles. The molecule has 2 nitrogen and oxygen atoms in total. The quantitative estimate of drug-likeness (QED) is 0.676. The molecule has 0 aliphatic rings. The molecule has 0 aromatic heterocycles. The van der Waals surface area contributed by atoms with Crippen molar-refractivity contribution < 1.29 is 9.46 Å². The van der Waals surface area contributed by atoms with Crippen LogP contribution in [0.2, 0.25) is 0 Å². The molecule has 3 heteroatoms. The summed E-state index contributed by atoms with van der Waals surface area (Å²) in [5.74, 6) is 0. The molecular weight excluding hydrogens is 171 g/mol. The van der Waals surface area contributed by atoms with Crippen LogP contribution in [0.5, 0.6) is 0 Å². The molecule has 0 heterocycles. The summed E-state index contributed by atoms with van der Waals surface area (Å²) in [7, 11) is -2.19. The van der Waals surface area contributed by atoms with Crippen molar-refractivity contribution in [2.24, 2.45) is 0 Å². The van der Waals surface area contributed by atoms with Crippen molar-refractivity contribution in [1.82, 2.24) is 0 Å². The van der Waals surface area contributed by atoms with Gasteiger partial charge in [-0.3, -0.25) is 0 Å². The van der Waals surface area contributed by atoms with Gasteiger partial charge < -0.3 is 0 Å². The van der Waals surface area contributed by atoms with E-state index in [0.717, 1.165) is 16.7 Å². The highest BCUT2D eigenvalue weighted by Crippen LogP contribution is 2.18. The van der Waals surface area contributed by atoms with E-state index in [2.05, 4.69) is 0 Å². The summed E-state index contributed by atoms with van der Waals surface area (Å²) in [4.78, 5) is 8.93. The predicted molar refractivity (Wildman–Crippen MR) is 50.1 cm³/mol. The molecule has 0 radical (unpaired) electrons.